The van der Waals surface area contributed by atoms with Crippen molar-refractivity contribution in [1.82, 2.24) is 0 Å². The van der Waals surface area contributed by atoms with Crippen molar-refractivity contribution >= 4 is 5.97 Å². The molecule has 2 aromatic carbocycles. The van der Waals surface area contributed by atoms with Crippen LogP contribution in [0.5, 0.6) is 5.75 Å². The molecule has 0 radical (unpaired) electrons. The van der Waals surface area contributed by atoms with Gasteiger partial charge in [0.25, 0.3) is 0 Å². The van der Waals surface area contributed by atoms with Crippen molar-refractivity contribution in [3.8, 4) is 5.75 Å². The Morgan fingerprint density at radius 1 is 0.351 bits per heavy atom. The highest BCUT2D eigenvalue weighted by molar-refractivity contribution is 5.72. The zero-order valence-electron chi connectivity index (χ0n) is 32.2. The van der Waals surface area contributed by atoms with Gasteiger partial charge < -0.3 is 61.6 Å². The molecular weight excluding hydrogens is 775 g/mol. The molecule has 57 heavy (non-hydrogen) atoms. The van der Waals surface area contributed by atoms with Gasteiger partial charge in [0.1, 0.15) is 0 Å². The van der Waals surface area contributed by atoms with Crippen molar-refractivity contribution in [1.29, 1.82) is 0 Å². The highest BCUT2D eigenvalue weighted by Crippen LogP contribution is 2.29. The van der Waals surface area contributed by atoms with Crippen LogP contribution in [-0.4, -0.2) is 158 Å². The molecule has 14 nitrogen and oxygen atoms in total. The highest BCUT2D eigenvalue weighted by atomic mass is 19.2. The molecule has 0 atom stereocenters. The Morgan fingerprint density at radius 3 is 0.930 bits per heavy atom. The number of carbonyl (C=O) groups excluding carboxylic acids is 1. The summed E-state index contributed by atoms with van der Waals surface area (Å²) >= 11 is 0. The van der Waals surface area contributed by atoms with Crippen LogP contribution in [0.2, 0.25) is 0 Å². The monoisotopic (exact) mass is 830 g/mol. The standard InChI is InChI=1S/C38H55F5O14/c39-33-34(40)36(42)38(37(43)35(33)41)57-32(44)6-7-45-8-9-46-10-11-47-12-13-48-14-15-49-16-17-50-18-19-51-20-21-52-22-23-53-24-25-54-26-27-55-28-29-56-30-31-4-2-1-3-5-31/h1-5H,6-30H2. The summed E-state index contributed by atoms with van der Waals surface area (Å²) in [6.45, 7) is 9.39. The molecule has 0 saturated carbocycles. The topological polar surface area (TPSA) is 137 Å². The molecule has 0 aliphatic heterocycles. The van der Waals surface area contributed by atoms with E-state index in [0.29, 0.717) is 132 Å². The molecule has 0 unspecified atom stereocenters. The Hall–Kier alpha value is -2.92. The molecule has 0 bridgehead atoms. The first-order valence-electron chi connectivity index (χ1n) is 18.6. The lowest BCUT2D eigenvalue weighted by Gasteiger charge is -2.09. The minimum atomic E-state index is -2.35. The number of benzene rings is 2. The van der Waals surface area contributed by atoms with Crippen LogP contribution in [0.4, 0.5) is 22.0 Å². The van der Waals surface area contributed by atoms with Crippen molar-refractivity contribution < 1.29 is 88.3 Å². The number of esters is 1. The van der Waals surface area contributed by atoms with Gasteiger partial charge in [-0.2, -0.15) is 8.78 Å². The van der Waals surface area contributed by atoms with Crippen LogP contribution in [0.25, 0.3) is 0 Å². The molecule has 0 saturated heterocycles. The van der Waals surface area contributed by atoms with E-state index in [-0.39, 0.29) is 26.4 Å². The zero-order valence-corrected chi connectivity index (χ0v) is 32.2. The quantitative estimate of drug-likeness (QED) is 0.0239. The molecule has 19 heteroatoms. The fraction of sp³-hybridized carbons (Fsp3) is 0.658. The number of carbonyl (C=O) groups is 1. The van der Waals surface area contributed by atoms with Gasteiger partial charge in [-0.15, -0.1) is 0 Å². The van der Waals surface area contributed by atoms with E-state index in [9.17, 15) is 26.7 Å². The van der Waals surface area contributed by atoms with Crippen molar-refractivity contribution in [3.05, 3.63) is 65.0 Å². The lowest BCUT2D eigenvalue weighted by atomic mass is 10.2. The van der Waals surface area contributed by atoms with Gasteiger partial charge >= 0.3 is 5.97 Å². The average molecular weight is 831 g/mol. The molecule has 0 N–H and O–H groups in total. The van der Waals surface area contributed by atoms with Crippen LogP contribution >= 0.6 is 0 Å². The second kappa shape index (κ2) is 35.1. The number of hydrogen-bond acceptors (Lipinski definition) is 14. The molecule has 326 valence electrons. The van der Waals surface area contributed by atoms with Gasteiger partial charge in [-0.05, 0) is 5.56 Å². The van der Waals surface area contributed by atoms with E-state index in [1.54, 1.807) is 0 Å². The maximum Gasteiger partial charge on any atom is 0.313 e. The number of rotatable bonds is 39. The van der Waals surface area contributed by atoms with E-state index >= 15 is 0 Å². The first kappa shape index (κ1) is 50.2. The van der Waals surface area contributed by atoms with Gasteiger partial charge in [0.2, 0.25) is 34.8 Å². The van der Waals surface area contributed by atoms with Gasteiger partial charge in [-0.25, -0.2) is 13.2 Å². The fourth-order valence-electron chi connectivity index (χ4n) is 4.18. The van der Waals surface area contributed by atoms with E-state index in [0.717, 1.165) is 5.56 Å². The van der Waals surface area contributed by atoms with Gasteiger partial charge in [-0.1, -0.05) is 30.3 Å². The van der Waals surface area contributed by atoms with Gasteiger partial charge in [0, 0.05) is 0 Å². The Labute approximate surface area is 329 Å². The first-order chi connectivity index (χ1) is 27.9. The number of halogens is 5. The minimum Gasteiger partial charge on any atom is -0.420 e. The molecule has 0 spiro atoms. The van der Waals surface area contributed by atoms with Crippen LogP contribution in [0, 0.1) is 29.1 Å². The highest BCUT2D eigenvalue weighted by Gasteiger charge is 2.28. The summed E-state index contributed by atoms with van der Waals surface area (Å²) in [6.07, 6.45) is -0.489. The molecule has 2 aromatic rings. The van der Waals surface area contributed by atoms with Crippen LogP contribution in [0.3, 0.4) is 0 Å². The summed E-state index contributed by atoms with van der Waals surface area (Å²) in [4.78, 5) is 11.7. The normalized spacial score (nSPS) is 11.5. The predicted molar refractivity (Wildman–Crippen MR) is 192 cm³/mol. The zero-order chi connectivity index (χ0) is 41.0. The molecular formula is C38H55F5O14. The summed E-state index contributed by atoms with van der Waals surface area (Å²) in [5.74, 6) is -14.1. The maximum absolute atomic E-state index is 13.6. The van der Waals surface area contributed by atoms with Crippen LogP contribution in [-0.2, 0) is 68.2 Å². The second-order valence-electron chi connectivity index (χ2n) is 11.4. The molecule has 2 rings (SSSR count). The third kappa shape index (κ3) is 25.9. The average Bonchev–Trinajstić information content (AvgIpc) is 3.22. The lowest BCUT2D eigenvalue weighted by molar-refractivity contribution is -0.136. The van der Waals surface area contributed by atoms with E-state index in [1.165, 1.54) is 0 Å². The Balaban J connectivity index is 1.18. The first-order valence-corrected chi connectivity index (χ1v) is 18.6. The predicted octanol–water partition coefficient (Wildman–Crippen LogP) is 4.08. The summed E-state index contributed by atoms with van der Waals surface area (Å²) in [5, 5.41) is 0. The molecule has 0 aromatic heterocycles. The van der Waals surface area contributed by atoms with Crippen LogP contribution in [0.1, 0.15) is 12.0 Å². The smallest absolute Gasteiger partial charge is 0.313 e. The summed E-state index contributed by atoms with van der Waals surface area (Å²) in [5.41, 5.74) is 1.14. The van der Waals surface area contributed by atoms with Crippen LogP contribution in [0.15, 0.2) is 30.3 Å². The Kier molecular flexibility index (Phi) is 30.9. The lowest BCUT2D eigenvalue weighted by Crippen LogP contribution is -2.16. The Morgan fingerprint density at radius 2 is 0.614 bits per heavy atom. The summed E-state index contributed by atoms with van der Waals surface area (Å²) < 4.78 is 136. The van der Waals surface area contributed by atoms with E-state index in [1.807, 2.05) is 30.3 Å². The summed E-state index contributed by atoms with van der Waals surface area (Å²) in [6, 6.07) is 10.00. The maximum atomic E-state index is 13.6. The number of ether oxygens (including phenoxy) is 13. The van der Waals surface area contributed by atoms with Crippen molar-refractivity contribution in [2.45, 2.75) is 13.0 Å². The van der Waals surface area contributed by atoms with Crippen molar-refractivity contribution in [2.24, 2.45) is 0 Å². The third-order valence-corrected chi connectivity index (χ3v) is 7.04. The third-order valence-electron chi connectivity index (χ3n) is 7.04. The van der Waals surface area contributed by atoms with Crippen LogP contribution < -0.4 is 4.74 Å². The molecule has 0 aliphatic carbocycles. The SMILES string of the molecule is O=C(CCOCCOCCOCCOCCOCCOCCOCCOCCOCCOCCOCCOCc1ccccc1)Oc1c(F)c(F)c(F)c(F)c1F. The fourth-order valence-corrected chi connectivity index (χ4v) is 4.18. The number of hydrogen-bond donors (Lipinski definition) is 0. The van der Waals surface area contributed by atoms with Crippen molar-refractivity contribution in [3.63, 3.8) is 0 Å². The summed E-state index contributed by atoms with van der Waals surface area (Å²) in [7, 11) is 0. The van der Waals surface area contributed by atoms with Gasteiger partial charge in [0.05, 0.1) is 165 Å². The molecule has 0 amide bonds. The minimum absolute atomic E-state index is 0.0782. The van der Waals surface area contributed by atoms with E-state index < -0.39 is 47.2 Å². The molecule has 0 heterocycles. The van der Waals surface area contributed by atoms with Gasteiger partial charge in [0.15, 0.2) is 0 Å². The Bertz CT molecular complexity index is 1260. The molecule has 0 fully saturated rings. The van der Waals surface area contributed by atoms with Crippen molar-refractivity contribution in [2.75, 3.05) is 152 Å². The largest absolute Gasteiger partial charge is 0.420 e. The van der Waals surface area contributed by atoms with E-state index in [4.69, 9.17) is 56.8 Å². The van der Waals surface area contributed by atoms with Gasteiger partial charge in [-0.3, -0.25) is 4.79 Å². The van der Waals surface area contributed by atoms with E-state index in [2.05, 4.69) is 4.74 Å². The second-order valence-corrected chi connectivity index (χ2v) is 11.4. The molecule has 0 aliphatic rings.